The molecule has 0 aliphatic carbocycles. The summed E-state index contributed by atoms with van der Waals surface area (Å²) < 4.78 is 14.4. The summed E-state index contributed by atoms with van der Waals surface area (Å²) in [5.41, 5.74) is 1.46. The van der Waals surface area contributed by atoms with E-state index < -0.39 is 22.6 Å². The Morgan fingerprint density at radius 2 is 1.65 bits per heavy atom. The predicted octanol–water partition coefficient (Wildman–Crippen LogP) is 4.44. The molecule has 2 amide bonds. The quantitative estimate of drug-likeness (QED) is 0.376. The first-order valence-corrected chi connectivity index (χ1v) is 9.33. The highest BCUT2D eigenvalue weighted by atomic mass is 19.1. The molecule has 1 aliphatic heterocycles. The highest BCUT2D eigenvalue weighted by Gasteiger charge is 2.41. The average Bonchev–Trinajstić information content (AvgIpc) is 2.98. The summed E-state index contributed by atoms with van der Waals surface area (Å²) in [4.78, 5) is 37.7. The van der Waals surface area contributed by atoms with Gasteiger partial charge in [0.15, 0.2) is 0 Å². The summed E-state index contributed by atoms with van der Waals surface area (Å²) in [6.45, 7) is 1.88. The Hall–Kier alpha value is -4.33. The molecule has 8 heteroatoms. The molecule has 3 aromatic carbocycles. The van der Waals surface area contributed by atoms with E-state index in [0.717, 1.165) is 16.5 Å². The molecule has 4 rings (SSSR count). The van der Waals surface area contributed by atoms with Crippen LogP contribution in [-0.2, 0) is 9.59 Å². The summed E-state index contributed by atoms with van der Waals surface area (Å²) in [5.74, 6) is -2.16. The van der Waals surface area contributed by atoms with Crippen LogP contribution in [0.1, 0.15) is 11.1 Å². The van der Waals surface area contributed by atoms with E-state index >= 15 is 0 Å². The Bertz CT molecular complexity index is 1250. The minimum Gasteiger partial charge on any atom is -0.350 e. The maximum absolute atomic E-state index is 14.4. The van der Waals surface area contributed by atoms with Gasteiger partial charge in [-0.15, -0.1) is 0 Å². The Morgan fingerprint density at radius 3 is 2.29 bits per heavy atom. The molecule has 0 spiro atoms. The third-order valence-corrected chi connectivity index (χ3v) is 4.83. The summed E-state index contributed by atoms with van der Waals surface area (Å²) in [6, 6.07) is 18.0. The fraction of sp³-hybridized carbons (Fsp3) is 0.0435. The van der Waals surface area contributed by atoms with E-state index in [0.29, 0.717) is 11.3 Å². The lowest BCUT2D eigenvalue weighted by molar-refractivity contribution is -0.384. The van der Waals surface area contributed by atoms with Crippen molar-refractivity contribution < 1.29 is 18.9 Å². The smallest absolute Gasteiger partial charge is 0.282 e. The zero-order chi connectivity index (χ0) is 22.1. The normalized spacial score (nSPS) is 13.7. The van der Waals surface area contributed by atoms with E-state index in [2.05, 4.69) is 5.32 Å². The first-order valence-electron chi connectivity index (χ1n) is 9.33. The maximum Gasteiger partial charge on any atom is 0.282 e. The van der Waals surface area contributed by atoms with Gasteiger partial charge in [0.1, 0.15) is 11.5 Å². The van der Waals surface area contributed by atoms with Crippen molar-refractivity contribution in [3.63, 3.8) is 0 Å². The molecule has 0 saturated heterocycles. The second-order valence-electron chi connectivity index (χ2n) is 6.95. The molecule has 154 valence electrons. The van der Waals surface area contributed by atoms with Gasteiger partial charge in [-0.1, -0.05) is 24.3 Å². The molecular weight excluding hydrogens is 401 g/mol. The molecule has 31 heavy (non-hydrogen) atoms. The van der Waals surface area contributed by atoms with Gasteiger partial charge in [0.2, 0.25) is 0 Å². The lowest BCUT2D eigenvalue weighted by atomic mass is 10.0. The zero-order valence-electron chi connectivity index (χ0n) is 16.3. The number of aryl methyl sites for hydroxylation is 1. The number of benzene rings is 3. The number of nitro groups is 1. The number of non-ortho nitro benzene ring substituents is 1. The Morgan fingerprint density at radius 1 is 0.935 bits per heavy atom. The van der Waals surface area contributed by atoms with Gasteiger partial charge in [0.05, 0.1) is 16.2 Å². The lowest BCUT2D eigenvalue weighted by Crippen LogP contribution is -2.33. The van der Waals surface area contributed by atoms with Crippen molar-refractivity contribution in [3.05, 3.63) is 106 Å². The first-order chi connectivity index (χ1) is 14.9. The van der Waals surface area contributed by atoms with Gasteiger partial charge < -0.3 is 5.32 Å². The van der Waals surface area contributed by atoms with Crippen LogP contribution < -0.4 is 10.2 Å². The second kappa shape index (κ2) is 7.83. The van der Waals surface area contributed by atoms with Crippen molar-refractivity contribution in [3.8, 4) is 0 Å². The summed E-state index contributed by atoms with van der Waals surface area (Å²) in [5, 5.41) is 14.0. The van der Waals surface area contributed by atoms with Crippen LogP contribution in [-0.4, -0.2) is 16.7 Å². The summed E-state index contributed by atoms with van der Waals surface area (Å²) in [7, 11) is 0. The standard InChI is InChI=1S/C23H16FN3O4/c1-14-5-4-6-16(13-14)25-21-20(15-9-11-17(12-10-15)27(30)31)22(28)26(23(21)29)19-8-3-2-7-18(19)24/h2-13,25H,1H3. The van der Waals surface area contributed by atoms with Crippen molar-refractivity contribution in [1.82, 2.24) is 0 Å². The molecule has 0 aromatic heterocycles. The Kier molecular flexibility index (Phi) is 5.04. The van der Waals surface area contributed by atoms with E-state index in [1.165, 1.54) is 42.5 Å². The van der Waals surface area contributed by atoms with Gasteiger partial charge in [-0.3, -0.25) is 19.7 Å². The molecule has 0 radical (unpaired) electrons. The van der Waals surface area contributed by atoms with Gasteiger partial charge in [-0.05, 0) is 54.4 Å². The van der Waals surface area contributed by atoms with Crippen LogP contribution in [0.15, 0.2) is 78.5 Å². The number of halogens is 1. The number of amides is 2. The van der Waals surface area contributed by atoms with Gasteiger partial charge in [0.25, 0.3) is 17.5 Å². The van der Waals surface area contributed by atoms with Crippen molar-refractivity contribution in [2.24, 2.45) is 0 Å². The van der Waals surface area contributed by atoms with Crippen LogP contribution in [0.25, 0.3) is 5.57 Å². The maximum atomic E-state index is 14.4. The van der Waals surface area contributed by atoms with Crippen molar-refractivity contribution in [2.75, 3.05) is 10.2 Å². The fourth-order valence-corrected chi connectivity index (χ4v) is 3.38. The number of rotatable bonds is 5. The number of para-hydroxylation sites is 1. The topological polar surface area (TPSA) is 92.6 Å². The molecule has 0 atom stereocenters. The minimum atomic E-state index is -0.723. The molecule has 1 aliphatic rings. The molecular formula is C23H16FN3O4. The second-order valence-corrected chi connectivity index (χ2v) is 6.95. The number of carbonyl (C=O) groups excluding carboxylic acids is 2. The van der Waals surface area contributed by atoms with Crippen molar-refractivity contribution in [1.29, 1.82) is 0 Å². The average molecular weight is 417 g/mol. The fourth-order valence-electron chi connectivity index (χ4n) is 3.38. The molecule has 0 fully saturated rings. The van der Waals surface area contributed by atoms with E-state index in [-0.39, 0.29) is 22.6 Å². The number of nitrogens with zero attached hydrogens (tertiary/aromatic N) is 2. The molecule has 3 aromatic rings. The predicted molar refractivity (Wildman–Crippen MR) is 114 cm³/mol. The molecule has 1 heterocycles. The molecule has 7 nitrogen and oxygen atoms in total. The third kappa shape index (κ3) is 3.66. The number of imide groups is 1. The van der Waals surface area contributed by atoms with E-state index in [9.17, 15) is 24.1 Å². The van der Waals surface area contributed by atoms with Crippen molar-refractivity contribution >= 4 is 34.4 Å². The van der Waals surface area contributed by atoms with E-state index in [1.54, 1.807) is 18.2 Å². The Balaban J connectivity index is 1.84. The van der Waals surface area contributed by atoms with Crippen LogP contribution in [0.4, 0.5) is 21.5 Å². The van der Waals surface area contributed by atoms with Crippen LogP contribution in [0.3, 0.4) is 0 Å². The van der Waals surface area contributed by atoms with Crippen LogP contribution >= 0.6 is 0 Å². The summed E-state index contributed by atoms with van der Waals surface area (Å²) in [6.07, 6.45) is 0. The molecule has 0 bridgehead atoms. The molecule has 0 unspecified atom stereocenters. The van der Waals surface area contributed by atoms with E-state index in [4.69, 9.17) is 0 Å². The SMILES string of the molecule is Cc1cccc(NC2=C(c3ccc([N+](=O)[O-])cc3)C(=O)N(c3ccccc3F)C2=O)c1. The third-order valence-electron chi connectivity index (χ3n) is 4.83. The monoisotopic (exact) mass is 417 g/mol. The van der Waals surface area contributed by atoms with Gasteiger partial charge in [0, 0.05) is 17.8 Å². The highest BCUT2D eigenvalue weighted by molar-refractivity contribution is 6.46. The van der Waals surface area contributed by atoms with Gasteiger partial charge in [-0.25, -0.2) is 9.29 Å². The number of hydrogen-bond donors (Lipinski definition) is 1. The van der Waals surface area contributed by atoms with Crippen molar-refractivity contribution in [2.45, 2.75) is 6.92 Å². The van der Waals surface area contributed by atoms with Gasteiger partial charge >= 0.3 is 0 Å². The highest BCUT2D eigenvalue weighted by Crippen LogP contribution is 2.35. The Labute approximate surface area is 176 Å². The minimum absolute atomic E-state index is 0.00431. The largest absolute Gasteiger partial charge is 0.350 e. The number of hydrogen-bond acceptors (Lipinski definition) is 5. The van der Waals surface area contributed by atoms with Crippen LogP contribution in [0.2, 0.25) is 0 Å². The number of carbonyl (C=O) groups is 2. The van der Waals surface area contributed by atoms with Crippen LogP contribution in [0, 0.1) is 22.9 Å². The number of anilines is 2. The lowest BCUT2D eigenvalue weighted by Gasteiger charge is -2.16. The van der Waals surface area contributed by atoms with Crippen LogP contribution in [0.5, 0.6) is 0 Å². The first kappa shape index (κ1) is 20.0. The number of nitrogens with one attached hydrogen (secondary N) is 1. The molecule has 1 N–H and O–H groups in total. The molecule has 0 saturated carbocycles. The van der Waals surface area contributed by atoms with E-state index in [1.807, 2.05) is 13.0 Å². The summed E-state index contributed by atoms with van der Waals surface area (Å²) >= 11 is 0. The number of nitro benzene ring substituents is 1. The van der Waals surface area contributed by atoms with Gasteiger partial charge in [-0.2, -0.15) is 0 Å². The zero-order valence-corrected chi connectivity index (χ0v) is 16.3.